The Labute approximate surface area is 129 Å². The number of hydrogen-bond acceptors (Lipinski definition) is 3. The van der Waals surface area contributed by atoms with Crippen LogP contribution in [0, 0.1) is 12.3 Å². The molecule has 2 atom stereocenters. The third-order valence-corrected chi connectivity index (χ3v) is 5.18. The number of benzene rings is 1. The van der Waals surface area contributed by atoms with Gasteiger partial charge in [0, 0.05) is 35.7 Å². The Morgan fingerprint density at radius 3 is 2.90 bits per heavy atom. The number of aryl methyl sites for hydroxylation is 1. The molecule has 0 aliphatic carbocycles. The second-order valence-electron chi connectivity index (χ2n) is 5.89. The maximum atomic E-state index is 9.25. The molecule has 1 saturated heterocycles. The number of nitrogens with one attached hydrogen (secondary N) is 1. The Balaban J connectivity index is 1.96. The molecule has 0 unspecified atom stereocenters. The summed E-state index contributed by atoms with van der Waals surface area (Å²) in [6.45, 7) is 6.99. The molecule has 2 rings (SSSR count). The van der Waals surface area contributed by atoms with Gasteiger partial charge in [-0.15, -0.1) is 0 Å². The molecule has 20 heavy (non-hydrogen) atoms. The van der Waals surface area contributed by atoms with Crippen LogP contribution in [-0.4, -0.2) is 31.5 Å². The summed E-state index contributed by atoms with van der Waals surface area (Å²) >= 11 is 3.54. The largest absolute Gasteiger partial charge is 0.396 e. The van der Waals surface area contributed by atoms with E-state index in [-0.39, 0.29) is 12.0 Å². The predicted molar refractivity (Wildman–Crippen MR) is 84.9 cm³/mol. The van der Waals surface area contributed by atoms with Crippen LogP contribution in [0.15, 0.2) is 22.7 Å². The highest BCUT2D eigenvalue weighted by molar-refractivity contribution is 9.10. The standard InChI is InChI=1S/C16H24BrNO2/c1-12-9-14(3-4-15(12)17)13(2)18-10-16(5-7-19)6-8-20-11-16/h3-4,9,13,18-19H,5-8,10-11H2,1-2H3/t13-,16+/m0/s1. The monoisotopic (exact) mass is 341 g/mol. The highest BCUT2D eigenvalue weighted by Gasteiger charge is 2.34. The molecule has 1 aromatic carbocycles. The Bertz CT molecular complexity index is 444. The summed E-state index contributed by atoms with van der Waals surface area (Å²) in [4.78, 5) is 0. The van der Waals surface area contributed by atoms with Crippen molar-refractivity contribution in [2.24, 2.45) is 5.41 Å². The fourth-order valence-electron chi connectivity index (χ4n) is 2.74. The lowest BCUT2D eigenvalue weighted by Gasteiger charge is -2.29. The summed E-state index contributed by atoms with van der Waals surface area (Å²) in [5.74, 6) is 0. The molecule has 1 aromatic rings. The van der Waals surface area contributed by atoms with Gasteiger partial charge in [0.05, 0.1) is 6.61 Å². The zero-order valence-corrected chi connectivity index (χ0v) is 13.9. The molecule has 112 valence electrons. The molecule has 0 radical (unpaired) electrons. The van der Waals surface area contributed by atoms with E-state index >= 15 is 0 Å². The fourth-order valence-corrected chi connectivity index (χ4v) is 2.98. The van der Waals surface area contributed by atoms with Gasteiger partial charge in [0.2, 0.25) is 0 Å². The van der Waals surface area contributed by atoms with Crippen LogP contribution in [-0.2, 0) is 4.74 Å². The first-order valence-electron chi connectivity index (χ1n) is 7.24. The summed E-state index contributed by atoms with van der Waals surface area (Å²) in [7, 11) is 0. The van der Waals surface area contributed by atoms with Gasteiger partial charge >= 0.3 is 0 Å². The number of halogens is 1. The van der Waals surface area contributed by atoms with E-state index in [0.717, 1.165) is 37.1 Å². The molecule has 0 spiro atoms. The number of ether oxygens (including phenoxy) is 1. The maximum Gasteiger partial charge on any atom is 0.0536 e. The van der Waals surface area contributed by atoms with Crippen LogP contribution in [0.1, 0.15) is 36.9 Å². The van der Waals surface area contributed by atoms with Gasteiger partial charge in [-0.25, -0.2) is 0 Å². The minimum atomic E-state index is 0.105. The highest BCUT2D eigenvalue weighted by atomic mass is 79.9. The average molecular weight is 342 g/mol. The second-order valence-corrected chi connectivity index (χ2v) is 6.74. The summed E-state index contributed by atoms with van der Waals surface area (Å²) in [5.41, 5.74) is 2.65. The van der Waals surface area contributed by atoms with E-state index in [4.69, 9.17) is 4.74 Å². The lowest BCUT2D eigenvalue weighted by Crippen LogP contribution is -2.37. The van der Waals surface area contributed by atoms with Crippen molar-refractivity contribution in [3.63, 3.8) is 0 Å². The normalized spacial score (nSPS) is 24.0. The molecule has 1 heterocycles. The first-order chi connectivity index (χ1) is 9.56. The van der Waals surface area contributed by atoms with E-state index in [2.05, 4.69) is 53.3 Å². The van der Waals surface area contributed by atoms with Crippen molar-refractivity contribution in [3.05, 3.63) is 33.8 Å². The third-order valence-electron chi connectivity index (χ3n) is 4.29. The van der Waals surface area contributed by atoms with E-state index in [9.17, 15) is 5.11 Å². The first-order valence-corrected chi connectivity index (χ1v) is 8.04. The SMILES string of the molecule is Cc1cc([C@H](C)NC[C@@]2(CCO)CCOC2)ccc1Br. The quantitative estimate of drug-likeness (QED) is 0.834. The summed E-state index contributed by atoms with van der Waals surface area (Å²) < 4.78 is 6.68. The van der Waals surface area contributed by atoms with Crippen LogP contribution in [0.4, 0.5) is 0 Å². The van der Waals surface area contributed by atoms with Crippen molar-refractivity contribution < 1.29 is 9.84 Å². The van der Waals surface area contributed by atoms with Crippen molar-refractivity contribution >= 4 is 15.9 Å². The van der Waals surface area contributed by atoms with Gasteiger partial charge < -0.3 is 15.2 Å². The first kappa shape index (κ1) is 16.0. The van der Waals surface area contributed by atoms with Crippen LogP contribution < -0.4 is 5.32 Å². The highest BCUT2D eigenvalue weighted by Crippen LogP contribution is 2.32. The molecule has 1 fully saturated rings. The zero-order valence-electron chi connectivity index (χ0n) is 12.3. The van der Waals surface area contributed by atoms with Crippen LogP contribution in [0.25, 0.3) is 0 Å². The Hall–Kier alpha value is -0.420. The molecular formula is C16H24BrNO2. The minimum absolute atomic E-state index is 0.105. The van der Waals surface area contributed by atoms with Gasteiger partial charge in [0.25, 0.3) is 0 Å². The lowest BCUT2D eigenvalue weighted by molar-refractivity contribution is 0.122. The summed E-state index contributed by atoms with van der Waals surface area (Å²) in [6.07, 6.45) is 1.85. The minimum Gasteiger partial charge on any atom is -0.396 e. The van der Waals surface area contributed by atoms with Crippen molar-refractivity contribution in [2.75, 3.05) is 26.4 Å². The lowest BCUT2D eigenvalue weighted by atomic mass is 9.83. The molecular weight excluding hydrogens is 318 g/mol. The molecule has 4 heteroatoms. The van der Waals surface area contributed by atoms with Gasteiger partial charge in [-0.3, -0.25) is 0 Å². The van der Waals surface area contributed by atoms with Crippen LogP contribution in [0.3, 0.4) is 0 Å². The molecule has 0 aromatic heterocycles. The van der Waals surface area contributed by atoms with Gasteiger partial charge in [0.15, 0.2) is 0 Å². The van der Waals surface area contributed by atoms with Crippen molar-refractivity contribution in [3.8, 4) is 0 Å². The second kappa shape index (κ2) is 7.03. The number of hydrogen-bond donors (Lipinski definition) is 2. The Morgan fingerprint density at radius 1 is 1.50 bits per heavy atom. The zero-order chi connectivity index (χ0) is 14.6. The van der Waals surface area contributed by atoms with Crippen LogP contribution >= 0.6 is 15.9 Å². The average Bonchev–Trinajstić information content (AvgIpc) is 2.89. The summed E-state index contributed by atoms with van der Waals surface area (Å²) in [6, 6.07) is 6.77. The smallest absolute Gasteiger partial charge is 0.0536 e. The van der Waals surface area contributed by atoms with E-state index in [1.54, 1.807) is 0 Å². The molecule has 3 nitrogen and oxygen atoms in total. The Kier molecular flexibility index (Phi) is 5.61. The number of rotatable bonds is 6. The molecule has 0 saturated carbocycles. The maximum absolute atomic E-state index is 9.25. The molecule has 0 bridgehead atoms. The van der Waals surface area contributed by atoms with Gasteiger partial charge in [-0.2, -0.15) is 0 Å². The van der Waals surface area contributed by atoms with E-state index < -0.39 is 0 Å². The van der Waals surface area contributed by atoms with Crippen LogP contribution in [0.2, 0.25) is 0 Å². The van der Waals surface area contributed by atoms with Crippen molar-refractivity contribution in [1.29, 1.82) is 0 Å². The van der Waals surface area contributed by atoms with Gasteiger partial charge in [-0.1, -0.05) is 28.1 Å². The molecule has 2 N–H and O–H groups in total. The third kappa shape index (κ3) is 3.82. The fraction of sp³-hybridized carbons (Fsp3) is 0.625. The Morgan fingerprint density at radius 2 is 2.30 bits per heavy atom. The van der Waals surface area contributed by atoms with E-state index in [1.807, 2.05) is 0 Å². The van der Waals surface area contributed by atoms with Gasteiger partial charge in [-0.05, 0) is 43.9 Å². The molecule has 1 aliphatic rings. The summed E-state index contributed by atoms with van der Waals surface area (Å²) in [5, 5.41) is 12.9. The van der Waals surface area contributed by atoms with Crippen molar-refractivity contribution in [1.82, 2.24) is 5.32 Å². The van der Waals surface area contributed by atoms with Crippen LogP contribution in [0.5, 0.6) is 0 Å². The number of aliphatic hydroxyl groups excluding tert-OH is 1. The number of aliphatic hydroxyl groups is 1. The molecule has 0 amide bonds. The molecule has 1 aliphatic heterocycles. The topological polar surface area (TPSA) is 41.5 Å². The van der Waals surface area contributed by atoms with Gasteiger partial charge in [0.1, 0.15) is 0 Å². The van der Waals surface area contributed by atoms with Crippen molar-refractivity contribution in [2.45, 2.75) is 32.7 Å². The van der Waals surface area contributed by atoms with E-state index in [0.29, 0.717) is 6.04 Å². The predicted octanol–water partition coefficient (Wildman–Crippen LogP) is 3.20. The van der Waals surface area contributed by atoms with E-state index in [1.165, 1.54) is 11.1 Å².